The van der Waals surface area contributed by atoms with E-state index in [0.717, 1.165) is 11.1 Å². The maximum atomic E-state index is 13.1. The lowest BCUT2D eigenvalue weighted by atomic mass is 9.97. The van der Waals surface area contributed by atoms with Gasteiger partial charge in [-0.1, -0.05) is 6.07 Å². The third-order valence-electron chi connectivity index (χ3n) is 2.92. The number of nitrogens with one attached hydrogen (secondary N) is 1. The second kappa shape index (κ2) is 6.18. The summed E-state index contributed by atoms with van der Waals surface area (Å²) < 4.78 is 49.4. The molecule has 1 N–H and O–H groups in total. The lowest BCUT2D eigenvalue weighted by Crippen LogP contribution is -2.18. The highest BCUT2D eigenvalue weighted by Crippen LogP contribution is 2.27. The van der Waals surface area contributed by atoms with Crippen LogP contribution in [0.1, 0.15) is 36.4 Å². The molecule has 0 aliphatic carbocycles. The summed E-state index contributed by atoms with van der Waals surface area (Å²) in [6, 6.07) is 4.12. The minimum absolute atomic E-state index is 0.0327. The zero-order valence-electron chi connectivity index (χ0n) is 10.4. The third kappa shape index (κ3) is 4.64. The highest BCUT2D eigenvalue weighted by atomic mass is 19.4. The van der Waals surface area contributed by atoms with E-state index >= 15 is 0 Å². The summed E-state index contributed by atoms with van der Waals surface area (Å²) in [5.74, 6) is -0.369. The number of alkyl halides is 3. The Bertz CT molecular complexity index is 387. The van der Waals surface area contributed by atoms with Crippen molar-refractivity contribution in [2.24, 2.45) is 0 Å². The van der Waals surface area contributed by atoms with Gasteiger partial charge in [-0.05, 0) is 50.1 Å². The standard InChI is InChI=1S/C13H17F4N/c1-9-5-6-10(14)8-11(9)12(18-2)4-3-7-13(15,16)17/h5-6,8,12,18H,3-4,7H2,1-2H3. The van der Waals surface area contributed by atoms with Crippen LogP contribution in [-0.4, -0.2) is 13.2 Å². The molecule has 0 aliphatic rings. The van der Waals surface area contributed by atoms with Gasteiger partial charge in [0, 0.05) is 12.5 Å². The molecule has 18 heavy (non-hydrogen) atoms. The molecule has 0 heterocycles. The largest absolute Gasteiger partial charge is 0.389 e. The molecular weight excluding hydrogens is 246 g/mol. The van der Waals surface area contributed by atoms with E-state index in [0.29, 0.717) is 6.42 Å². The maximum absolute atomic E-state index is 13.1. The van der Waals surface area contributed by atoms with E-state index in [1.807, 2.05) is 6.92 Å². The Balaban J connectivity index is 2.68. The summed E-state index contributed by atoms with van der Waals surface area (Å²) in [6.07, 6.45) is -4.57. The van der Waals surface area contributed by atoms with Gasteiger partial charge in [0.15, 0.2) is 0 Å². The number of benzene rings is 1. The molecule has 0 aromatic heterocycles. The van der Waals surface area contributed by atoms with Crippen molar-refractivity contribution in [3.8, 4) is 0 Å². The smallest absolute Gasteiger partial charge is 0.313 e. The fourth-order valence-electron chi connectivity index (χ4n) is 1.95. The minimum Gasteiger partial charge on any atom is -0.313 e. The van der Waals surface area contributed by atoms with E-state index in [1.165, 1.54) is 12.1 Å². The molecule has 0 radical (unpaired) electrons. The Kier molecular flexibility index (Phi) is 5.14. The van der Waals surface area contributed by atoms with E-state index in [1.54, 1.807) is 13.1 Å². The molecule has 1 aromatic carbocycles. The zero-order valence-corrected chi connectivity index (χ0v) is 10.4. The van der Waals surface area contributed by atoms with Crippen molar-refractivity contribution >= 4 is 0 Å². The maximum Gasteiger partial charge on any atom is 0.389 e. The Morgan fingerprint density at radius 3 is 2.50 bits per heavy atom. The van der Waals surface area contributed by atoms with Crippen LogP contribution in [-0.2, 0) is 0 Å². The second-order valence-electron chi connectivity index (χ2n) is 4.35. The Morgan fingerprint density at radius 2 is 1.94 bits per heavy atom. The monoisotopic (exact) mass is 263 g/mol. The molecule has 1 nitrogen and oxygen atoms in total. The Labute approximate surface area is 104 Å². The van der Waals surface area contributed by atoms with Gasteiger partial charge in [-0.25, -0.2) is 4.39 Å². The van der Waals surface area contributed by atoms with Crippen LogP contribution in [0.15, 0.2) is 18.2 Å². The van der Waals surface area contributed by atoms with Gasteiger partial charge in [-0.15, -0.1) is 0 Å². The number of aryl methyl sites for hydroxylation is 1. The van der Waals surface area contributed by atoms with Gasteiger partial charge < -0.3 is 5.32 Å². The van der Waals surface area contributed by atoms with E-state index < -0.39 is 12.6 Å². The molecule has 0 fully saturated rings. The molecular formula is C13H17F4N. The topological polar surface area (TPSA) is 12.0 Å². The molecule has 0 saturated carbocycles. The summed E-state index contributed by atoms with van der Waals surface area (Å²) >= 11 is 0. The Hall–Kier alpha value is -1.10. The fraction of sp³-hybridized carbons (Fsp3) is 0.538. The van der Waals surface area contributed by atoms with Crippen LogP contribution < -0.4 is 5.32 Å². The lowest BCUT2D eigenvalue weighted by molar-refractivity contribution is -0.135. The summed E-state index contributed by atoms with van der Waals surface area (Å²) in [4.78, 5) is 0. The SMILES string of the molecule is CNC(CCCC(F)(F)F)c1cc(F)ccc1C. The summed E-state index contributed by atoms with van der Waals surface area (Å²) in [7, 11) is 1.67. The van der Waals surface area contributed by atoms with Crippen molar-refractivity contribution in [2.45, 2.75) is 38.4 Å². The highest BCUT2D eigenvalue weighted by Gasteiger charge is 2.26. The van der Waals surface area contributed by atoms with Gasteiger partial charge in [0.05, 0.1) is 0 Å². The molecule has 0 amide bonds. The first-order chi connectivity index (χ1) is 8.33. The number of hydrogen-bond acceptors (Lipinski definition) is 1. The first-order valence-corrected chi connectivity index (χ1v) is 5.83. The molecule has 5 heteroatoms. The van der Waals surface area contributed by atoms with E-state index in [4.69, 9.17) is 0 Å². The van der Waals surface area contributed by atoms with Crippen molar-refractivity contribution in [3.05, 3.63) is 35.1 Å². The lowest BCUT2D eigenvalue weighted by Gasteiger charge is -2.19. The second-order valence-corrected chi connectivity index (χ2v) is 4.35. The quantitative estimate of drug-likeness (QED) is 0.788. The summed E-state index contributed by atoms with van der Waals surface area (Å²) in [5, 5.41) is 2.94. The van der Waals surface area contributed by atoms with Crippen LogP contribution >= 0.6 is 0 Å². The zero-order chi connectivity index (χ0) is 13.8. The van der Waals surface area contributed by atoms with Crippen LogP contribution in [0.3, 0.4) is 0 Å². The molecule has 0 spiro atoms. The van der Waals surface area contributed by atoms with Gasteiger partial charge in [0.2, 0.25) is 0 Å². The third-order valence-corrected chi connectivity index (χ3v) is 2.92. The Morgan fingerprint density at radius 1 is 1.28 bits per heavy atom. The van der Waals surface area contributed by atoms with Crippen molar-refractivity contribution in [2.75, 3.05) is 7.05 Å². The molecule has 0 bridgehead atoms. The van der Waals surface area contributed by atoms with Crippen molar-refractivity contribution in [1.82, 2.24) is 5.32 Å². The van der Waals surface area contributed by atoms with E-state index in [2.05, 4.69) is 5.32 Å². The highest BCUT2D eigenvalue weighted by molar-refractivity contribution is 5.29. The van der Waals surface area contributed by atoms with Gasteiger partial charge >= 0.3 is 6.18 Å². The summed E-state index contributed by atoms with van der Waals surface area (Å²) in [6.45, 7) is 1.82. The van der Waals surface area contributed by atoms with Crippen molar-refractivity contribution < 1.29 is 17.6 Å². The molecule has 1 atom stereocenters. The molecule has 1 unspecified atom stereocenters. The molecule has 0 aliphatic heterocycles. The van der Waals surface area contributed by atoms with Crippen molar-refractivity contribution in [1.29, 1.82) is 0 Å². The molecule has 0 saturated heterocycles. The molecule has 1 aromatic rings. The van der Waals surface area contributed by atoms with Crippen LogP contribution in [0.25, 0.3) is 0 Å². The van der Waals surface area contributed by atoms with Crippen LogP contribution in [0.4, 0.5) is 17.6 Å². The van der Waals surface area contributed by atoms with Gasteiger partial charge in [-0.2, -0.15) is 13.2 Å². The van der Waals surface area contributed by atoms with Gasteiger partial charge in [0.1, 0.15) is 5.82 Å². The predicted octanol–water partition coefficient (Wildman–Crippen LogP) is 4.13. The number of rotatable bonds is 5. The average Bonchev–Trinajstić information content (AvgIpc) is 2.27. The van der Waals surface area contributed by atoms with Crippen molar-refractivity contribution in [3.63, 3.8) is 0 Å². The fourth-order valence-corrected chi connectivity index (χ4v) is 1.95. The van der Waals surface area contributed by atoms with Crippen LogP contribution in [0.5, 0.6) is 0 Å². The normalized spacial score (nSPS) is 13.7. The first-order valence-electron chi connectivity index (χ1n) is 5.83. The predicted molar refractivity (Wildman–Crippen MR) is 62.8 cm³/mol. The van der Waals surface area contributed by atoms with Crippen LogP contribution in [0, 0.1) is 12.7 Å². The number of halogens is 4. The number of hydrogen-bond donors (Lipinski definition) is 1. The molecule has 102 valence electrons. The first kappa shape index (κ1) is 15.0. The average molecular weight is 263 g/mol. The van der Waals surface area contributed by atoms with E-state index in [-0.39, 0.29) is 18.3 Å². The van der Waals surface area contributed by atoms with Crippen LogP contribution in [0.2, 0.25) is 0 Å². The minimum atomic E-state index is -4.13. The molecule has 1 rings (SSSR count). The van der Waals surface area contributed by atoms with E-state index in [9.17, 15) is 17.6 Å². The van der Waals surface area contributed by atoms with Gasteiger partial charge in [0.25, 0.3) is 0 Å². The van der Waals surface area contributed by atoms with Gasteiger partial charge in [-0.3, -0.25) is 0 Å². The summed E-state index contributed by atoms with van der Waals surface area (Å²) in [5.41, 5.74) is 1.60.